The first-order valence-corrected chi connectivity index (χ1v) is 9.87. The summed E-state index contributed by atoms with van der Waals surface area (Å²) in [6.07, 6.45) is 3.48. The molecule has 0 bridgehead atoms. The van der Waals surface area contributed by atoms with Crippen molar-refractivity contribution in [3.05, 3.63) is 47.4 Å². The number of anilines is 3. The Bertz CT molecular complexity index is 1080. The van der Waals surface area contributed by atoms with Crippen molar-refractivity contribution in [1.29, 1.82) is 0 Å². The number of nitrogens with zero attached hydrogens (tertiary/aromatic N) is 3. The van der Waals surface area contributed by atoms with E-state index in [-0.39, 0.29) is 5.91 Å². The maximum Gasteiger partial charge on any atom is 0.411 e. The van der Waals surface area contributed by atoms with Gasteiger partial charge < -0.3 is 15.4 Å². The van der Waals surface area contributed by atoms with Crippen LogP contribution in [0.1, 0.15) is 41.8 Å². The highest BCUT2D eigenvalue weighted by Gasteiger charge is 2.18. The Balaban J connectivity index is 1.93. The second-order valence-corrected chi connectivity index (χ2v) is 6.83. The van der Waals surface area contributed by atoms with Crippen LogP contribution in [0.2, 0.25) is 0 Å². The van der Waals surface area contributed by atoms with E-state index in [9.17, 15) is 9.59 Å². The molecule has 2 amide bonds. The number of fused-ring (bicyclic) bond motifs is 1. The number of hydrogen-bond acceptors (Lipinski definition) is 6. The average molecular weight is 410 g/mol. The van der Waals surface area contributed by atoms with E-state index in [1.165, 1.54) is 6.33 Å². The van der Waals surface area contributed by atoms with Gasteiger partial charge in [-0.1, -0.05) is 13.0 Å². The summed E-state index contributed by atoms with van der Waals surface area (Å²) < 4.78 is 6.57. The molecule has 0 radical (unpaired) electrons. The number of nitrogens with one attached hydrogen (secondary N) is 3. The molecule has 0 spiro atoms. The number of rotatable bonds is 7. The van der Waals surface area contributed by atoms with Crippen molar-refractivity contribution in [2.24, 2.45) is 0 Å². The third kappa shape index (κ3) is 4.51. The van der Waals surface area contributed by atoms with Crippen molar-refractivity contribution in [2.45, 2.75) is 34.1 Å². The van der Waals surface area contributed by atoms with Crippen LogP contribution < -0.4 is 16.0 Å². The lowest BCUT2D eigenvalue weighted by atomic mass is 10.1. The summed E-state index contributed by atoms with van der Waals surface area (Å²) in [7, 11) is 0. The molecule has 0 atom stereocenters. The molecule has 30 heavy (non-hydrogen) atoms. The molecule has 2 heterocycles. The Hall–Kier alpha value is -3.62. The van der Waals surface area contributed by atoms with Crippen molar-refractivity contribution < 1.29 is 14.3 Å². The number of hydrogen-bond donors (Lipinski definition) is 3. The molecule has 158 valence electrons. The fourth-order valence-electron chi connectivity index (χ4n) is 3.06. The van der Waals surface area contributed by atoms with Gasteiger partial charge in [0.2, 0.25) is 0 Å². The highest BCUT2D eigenvalue weighted by molar-refractivity contribution is 5.99. The van der Waals surface area contributed by atoms with Gasteiger partial charge >= 0.3 is 6.09 Å². The number of carbonyl (C=O) groups excluding carboxylic acids is 2. The molecule has 1 aromatic carbocycles. The minimum Gasteiger partial charge on any atom is -0.450 e. The molecule has 0 aliphatic rings. The summed E-state index contributed by atoms with van der Waals surface area (Å²) in [5, 5.41) is 13.1. The van der Waals surface area contributed by atoms with E-state index >= 15 is 0 Å². The van der Waals surface area contributed by atoms with Crippen molar-refractivity contribution in [3.63, 3.8) is 0 Å². The number of aromatic nitrogens is 3. The first-order chi connectivity index (χ1) is 14.4. The average Bonchev–Trinajstić information content (AvgIpc) is 3.06. The van der Waals surface area contributed by atoms with Crippen molar-refractivity contribution in [1.82, 2.24) is 19.9 Å². The van der Waals surface area contributed by atoms with E-state index in [0.717, 1.165) is 23.2 Å². The van der Waals surface area contributed by atoms with E-state index in [2.05, 4.69) is 26.0 Å². The van der Waals surface area contributed by atoms with Gasteiger partial charge in [0, 0.05) is 24.1 Å². The van der Waals surface area contributed by atoms with E-state index in [1.54, 1.807) is 29.8 Å². The molecule has 3 rings (SSSR count). The first kappa shape index (κ1) is 21.1. The zero-order valence-corrected chi connectivity index (χ0v) is 17.6. The van der Waals surface area contributed by atoms with Gasteiger partial charge in [-0.3, -0.25) is 10.1 Å². The van der Waals surface area contributed by atoms with Crippen LogP contribution in [0.4, 0.5) is 22.0 Å². The van der Waals surface area contributed by atoms with Gasteiger partial charge in [-0.05, 0) is 50.5 Å². The Labute approximate surface area is 174 Å². The van der Waals surface area contributed by atoms with Crippen molar-refractivity contribution in [2.75, 3.05) is 23.8 Å². The monoisotopic (exact) mass is 410 g/mol. The molecular formula is C21H26N6O3. The standard InChI is InChI=1S/C21H26N6O3/c1-5-9-22-20(28)16-11-27-18(14(16)4)19(23-12-24-27)26-17-10-15(8-7-13(17)3)25-21(29)30-6-2/h7-8,10-12H,5-6,9H2,1-4H3,(H,22,28)(H,25,29)(H,23,24,26). The Morgan fingerprint density at radius 2 is 2.00 bits per heavy atom. The van der Waals surface area contributed by atoms with Crippen LogP contribution in [0.5, 0.6) is 0 Å². The van der Waals surface area contributed by atoms with Crippen LogP contribution in [-0.2, 0) is 4.74 Å². The SMILES string of the molecule is CCCNC(=O)c1cn2ncnc(Nc3cc(NC(=O)OCC)ccc3C)c2c1C. The predicted molar refractivity (Wildman–Crippen MR) is 115 cm³/mol. The molecule has 0 aliphatic heterocycles. The van der Waals surface area contributed by atoms with E-state index < -0.39 is 6.09 Å². The van der Waals surface area contributed by atoms with Gasteiger partial charge in [0.25, 0.3) is 5.91 Å². The van der Waals surface area contributed by atoms with Crippen LogP contribution >= 0.6 is 0 Å². The lowest BCUT2D eigenvalue weighted by molar-refractivity contribution is 0.0953. The molecular weight excluding hydrogens is 384 g/mol. The quantitative estimate of drug-likeness (QED) is 0.547. The number of ether oxygens (including phenoxy) is 1. The lowest BCUT2D eigenvalue weighted by Gasteiger charge is -2.13. The summed E-state index contributed by atoms with van der Waals surface area (Å²) in [4.78, 5) is 28.6. The molecule has 0 saturated carbocycles. The fourth-order valence-corrected chi connectivity index (χ4v) is 3.06. The summed E-state index contributed by atoms with van der Waals surface area (Å²) in [6.45, 7) is 8.48. The molecule has 0 unspecified atom stereocenters. The largest absolute Gasteiger partial charge is 0.450 e. The second kappa shape index (κ2) is 9.25. The maximum absolute atomic E-state index is 12.5. The predicted octanol–water partition coefficient (Wildman–Crippen LogP) is 3.80. The fraction of sp³-hybridized carbons (Fsp3) is 0.333. The van der Waals surface area contributed by atoms with E-state index in [1.807, 2.05) is 26.8 Å². The third-order valence-electron chi connectivity index (χ3n) is 4.62. The van der Waals surface area contributed by atoms with Gasteiger partial charge in [0.1, 0.15) is 11.8 Å². The zero-order chi connectivity index (χ0) is 21.7. The Morgan fingerprint density at radius 1 is 1.20 bits per heavy atom. The Morgan fingerprint density at radius 3 is 2.73 bits per heavy atom. The van der Waals surface area contributed by atoms with Crippen LogP contribution in [-0.4, -0.2) is 39.8 Å². The number of aryl methyl sites for hydroxylation is 2. The summed E-state index contributed by atoms with van der Waals surface area (Å²) in [5.74, 6) is 0.427. The van der Waals surface area contributed by atoms with Gasteiger partial charge in [-0.25, -0.2) is 14.3 Å². The van der Waals surface area contributed by atoms with Gasteiger partial charge in [0.15, 0.2) is 5.82 Å². The zero-order valence-electron chi connectivity index (χ0n) is 17.6. The third-order valence-corrected chi connectivity index (χ3v) is 4.62. The summed E-state index contributed by atoms with van der Waals surface area (Å²) in [6, 6.07) is 5.49. The van der Waals surface area contributed by atoms with Crippen molar-refractivity contribution >= 4 is 34.7 Å². The normalized spacial score (nSPS) is 10.7. The van der Waals surface area contributed by atoms with Gasteiger partial charge in [0.05, 0.1) is 12.2 Å². The number of benzene rings is 1. The van der Waals surface area contributed by atoms with Gasteiger partial charge in [-0.2, -0.15) is 5.10 Å². The van der Waals surface area contributed by atoms with Gasteiger partial charge in [-0.15, -0.1) is 0 Å². The Kier molecular flexibility index (Phi) is 6.51. The second-order valence-electron chi connectivity index (χ2n) is 6.83. The number of carbonyl (C=O) groups is 2. The topological polar surface area (TPSA) is 110 Å². The molecule has 3 aromatic rings. The van der Waals surface area contributed by atoms with Crippen LogP contribution in [0.3, 0.4) is 0 Å². The molecule has 9 nitrogen and oxygen atoms in total. The highest BCUT2D eigenvalue weighted by Crippen LogP contribution is 2.28. The molecule has 0 fully saturated rings. The molecule has 9 heteroatoms. The molecule has 0 saturated heterocycles. The number of amides is 2. The lowest BCUT2D eigenvalue weighted by Crippen LogP contribution is -2.24. The van der Waals surface area contributed by atoms with E-state index in [0.29, 0.717) is 35.7 Å². The van der Waals surface area contributed by atoms with Crippen LogP contribution in [0, 0.1) is 13.8 Å². The molecule has 3 N–H and O–H groups in total. The van der Waals surface area contributed by atoms with Crippen LogP contribution in [0.25, 0.3) is 5.52 Å². The minimum absolute atomic E-state index is 0.136. The smallest absolute Gasteiger partial charge is 0.411 e. The first-order valence-electron chi connectivity index (χ1n) is 9.87. The minimum atomic E-state index is -0.512. The maximum atomic E-state index is 12.5. The van der Waals surface area contributed by atoms with Crippen molar-refractivity contribution in [3.8, 4) is 0 Å². The highest BCUT2D eigenvalue weighted by atomic mass is 16.5. The molecule has 0 aliphatic carbocycles. The summed E-state index contributed by atoms with van der Waals surface area (Å²) in [5.41, 5.74) is 4.38. The van der Waals surface area contributed by atoms with E-state index in [4.69, 9.17) is 4.74 Å². The summed E-state index contributed by atoms with van der Waals surface area (Å²) >= 11 is 0. The van der Waals surface area contributed by atoms with Crippen LogP contribution in [0.15, 0.2) is 30.7 Å². The molecule has 2 aromatic heterocycles.